The van der Waals surface area contributed by atoms with Gasteiger partial charge >= 0.3 is 0 Å². The van der Waals surface area contributed by atoms with Gasteiger partial charge in [-0.25, -0.2) is 0 Å². The summed E-state index contributed by atoms with van der Waals surface area (Å²) in [5.41, 5.74) is 1.01. The van der Waals surface area contributed by atoms with Crippen molar-refractivity contribution in [2.75, 3.05) is 20.1 Å². The molecule has 3 nitrogen and oxygen atoms in total. The topological polar surface area (TPSA) is 41.1 Å². The van der Waals surface area contributed by atoms with Gasteiger partial charge in [0.2, 0.25) is 0 Å². The molecule has 1 aliphatic rings. The fraction of sp³-hybridized carbons (Fsp3) is 0.462. The van der Waals surface area contributed by atoms with E-state index in [0.29, 0.717) is 11.0 Å². The van der Waals surface area contributed by atoms with E-state index in [1.54, 1.807) is 0 Å². The van der Waals surface area contributed by atoms with E-state index in [-0.39, 0.29) is 5.91 Å². The highest BCUT2D eigenvalue weighted by Gasteiger charge is 2.41. The molecule has 0 saturated heterocycles. The number of carbonyl (C=O) groups excluding carboxylic acids is 1. The Morgan fingerprint density at radius 3 is 2.76 bits per heavy atom. The van der Waals surface area contributed by atoms with E-state index in [1.807, 2.05) is 31.3 Å². The van der Waals surface area contributed by atoms with E-state index < -0.39 is 0 Å². The molecule has 92 valence electrons. The van der Waals surface area contributed by atoms with Crippen molar-refractivity contribution in [2.24, 2.45) is 5.41 Å². The summed E-state index contributed by atoms with van der Waals surface area (Å²) in [6.45, 7) is 1.74. The lowest BCUT2D eigenvalue weighted by molar-refractivity contribution is 0.0944. The Kier molecular flexibility index (Phi) is 3.84. The quantitative estimate of drug-likeness (QED) is 0.874. The van der Waals surface area contributed by atoms with Crippen molar-refractivity contribution in [3.8, 4) is 0 Å². The predicted octanol–water partition coefficient (Wildman–Crippen LogP) is 2.18. The molecule has 1 fully saturated rings. The molecule has 0 aliphatic heterocycles. The van der Waals surface area contributed by atoms with E-state index in [1.165, 1.54) is 12.8 Å². The van der Waals surface area contributed by atoms with E-state index >= 15 is 0 Å². The fourth-order valence-electron chi connectivity index (χ4n) is 1.97. The molecular weight excluding hydrogens is 280 g/mol. The minimum absolute atomic E-state index is 0.00804. The van der Waals surface area contributed by atoms with Crippen LogP contribution in [0, 0.1) is 5.41 Å². The van der Waals surface area contributed by atoms with Gasteiger partial charge in [0.25, 0.3) is 5.91 Å². The molecule has 0 atom stereocenters. The second-order valence-electron chi connectivity index (χ2n) is 4.72. The van der Waals surface area contributed by atoms with Crippen molar-refractivity contribution in [2.45, 2.75) is 12.8 Å². The maximum atomic E-state index is 11.9. The lowest BCUT2D eigenvalue weighted by Gasteiger charge is -2.15. The zero-order valence-electron chi connectivity index (χ0n) is 9.92. The van der Waals surface area contributed by atoms with E-state index in [2.05, 4.69) is 26.6 Å². The van der Waals surface area contributed by atoms with Crippen molar-refractivity contribution < 1.29 is 4.79 Å². The molecule has 0 aromatic heterocycles. The number of benzene rings is 1. The van der Waals surface area contributed by atoms with Crippen molar-refractivity contribution in [1.29, 1.82) is 0 Å². The molecule has 0 heterocycles. The molecular formula is C13H17BrN2O. The van der Waals surface area contributed by atoms with Crippen LogP contribution in [-0.4, -0.2) is 26.0 Å². The third-order valence-corrected chi connectivity index (χ3v) is 3.71. The van der Waals surface area contributed by atoms with Crippen LogP contribution in [0.5, 0.6) is 0 Å². The lowest BCUT2D eigenvalue weighted by atomic mass is 10.1. The Balaban J connectivity index is 1.90. The first kappa shape index (κ1) is 12.6. The fourth-order valence-corrected chi connectivity index (χ4v) is 2.37. The molecule has 0 unspecified atom stereocenters. The Bertz CT molecular complexity index is 416. The van der Waals surface area contributed by atoms with Gasteiger partial charge in [0.05, 0.1) is 0 Å². The summed E-state index contributed by atoms with van der Waals surface area (Å²) in [4.78, 5) is 11.9. The van der Waals surface area contributed by atoms with Crippen LogP contribution >= 0.6 is 15.9 Å². The lowest BCUT2D eigenvalue weighted by Crippen LogP contribution is -2.34. The maximum absolute atomic E-state index is 11.9. The zero-order chi connectivity index (χ0) is 12.3. The number of rotatable bonds is 5. The number of amides is 1. The molecule has 2 rings (SSSR count). The molecule has 1 aromatic carbocycles. The average Bonchev–Trinajstić information content (AvgIpc) is 3.07. The Morgan fingerprint density at radius 2 is 2.18 bits per heavy atom. The van der Waals surface area contributed by atoms with Crippen LogP contribution in [0.25, 0.3) is 0 Å². The molecule has 1 saturated carbocycles. The first-order chi connectivity index (χ1) is 8.15. The minimum Gasteiger partial charge on any atom is -0.351 e. The summed E-state index contributed by atoms with van der Waals surface area (Å²) in [7, 11) is 1.95. The van der Waals surface area contributed by atoms with Crippen LogP contribution < -0.4 is 10.6 Å². The first-order valence-electron chi connectivity index (χ1n) is 5.84. The average molecular weight is 297 g/mol. The highest BCUT2D eigenvalue weighted by atomic mass is 79.9. The SMILES string of the molecule is CNCC1(CNC(=O)c2cccc(Br)c2)CC1. The molecule has 4 heteroatoms. The third kappa shape index (κ3) is 3.30. The smallest absolute Gasteiger partial charge is 0.251 e. The van der Waals surface area contributed by atoms with Gasteiger partial charge in [-0.05, 0) is 38.1 Å². The Morgan fingerprint density at radius 1 is 1.41 bits per heavy atom. The standard InChI is InChI=1S/C13H17BrN2O/c1-15-8-13(5-6-13)9-16-12(17)10-3-2-4-11(14)7-10/h2-4,7,15H,5-6,8-9H2,1H3,(H,16,17). The minimum atomic E-state index is 0.00804. The van der Waals surface area contributed by atoms with Gasteiger partial charge in [-0.3, -0.25) is 4.79 Å². The number of halogens is 1. The summed E-state index contributed by atoms with van der Waals surface area (Å²) >= 11 is 3.37. The van der Waals surface area contributed by atoms with Crippen LogP contribution in [-0.2, 0) is 0 Å². The normalized spacial score (nSPS) is 16.6. The van der Waals surface area contributed by atoms with Gasteiger partial charge in [-0.15, -0.1) is 0 Å². The molecule has 17 heavy (non-hydrogen) atoms. The molecule has 0 bridgehead atoms. The van der Waals surface area contributed by atoms with Crippen LogP contribution in [0.15, 0.2) is 28.7 Å². The molecule has 1 aromatic rings. The zero-order valence-corrected chi connectivity index (χ0v) is 11.5. The van der Waals surface area contributed by atoms with Gasteiger partial charge in [0, 0.05) is 28.5 Å². The van der Waals surface area contributed by atoms with Crippen molar-refractivity contribution >= 4 is 21.8 Å². The van der Waals surface area contributed by atoms with Gasteiger partial charge < -0.3 is 10.6 Å². The summed E-state index contributed by atoms with van der Waals surface area (Å²) in [6, 6.07) is 7.46. The van der Waals surface area contributed by atoms with Gasteiger partial charge in [-0.1, -0.05) is 22.0 Å². The molecule has 1 amide bonds. The van der Waals surface area contributed by atoms with Crippen LogP contribution in [0.4, 0.5) is 0 Å². The number of hydrogen-bond donors (Lipinski definition) is 2. The van der Waals surface area contributed by atoms with E-state index in [0.717, 1.165) is 17.6 Å². The summed E-state index contributed by atoms with van der Waals surface area (Å²) in [6.07, 6.45) is 2.40. The monoisotopic (exact) mass is 296 g/mol. The molecule has 2 N–H and O–H groups in total. The highest BCUT2D eigenvalue weighted by Crippen LogP contribution is 2.44. The summed E-state index contributed by atoms with van der Waals surface area (Å²) in [5.74, 6) is 0.00804. The third-order valence-electron chi connectivity index (χ3n) is 3.22. The molecule has 0 radical (unpaired) electrons. The number of nitrogens with one attached hydrogen (secondary N) is 2. The van der Waals surface area contributed by atoms with Gasteiger partial charge in [0.1, 0.15) is 0 Å². The second-order valence-corrected chi connectivity index (χ2v) is 5.64. The van der Waals surface area contributed by atoms with Gasteiger partial charge in [0.15, 0.2) is 0 Å². The Hall–Kier alpha value is -0.870. The van der Waals surface area contributed by atoms with E-state index in [4.69, 9.17) is 0 Å². The maximum Gasteiger partial charge on any atom is 0.251 e. The molecule has 1 aliphatic carbocycles. The van der Waals surface area contributed by atoms with Crippen LogP contribution in [0.3, 0.4) is 0 Å². The first-order valence-corrected chi connectivity index (χ1v) is 6.63. The summed E-state index contributed by atoms with van der Waals surface area (Å²) in [5, 5.41) is 6.20. The largest absolute Gasteiger partial charge is 0.351 e. The summed E-state index contributed by atoms with van der Waals surface area (Å²) < 4.78 is 0.932. The van der Waals surface area contributed by atoms with Crippen molar-refractivity contribution in [3.05, 3.63) is 34.3 Å². The predicted molar refractivity (Wildman–Crippen MR) is 72.1 cm³/mol. The van der Waals surface area contributed by atoms with E-state index in [9.17, 15) is 4.79 Å². The number of hydrogen-bond acceptors (Lipinski definition) is 2. The van der Waals surface area contributed by atoms with Gasteiger partial charge in [-0.2, -0.15) is 0 Å². The second kappa shape index (κ2) is 5.19. The van der Waals surface area contributed by atoms with Crippen LogP contribution in [0.1, 0.15) is 23.2 Å². The molecule has 0 spiro atoms. The Labute approximate surface area is 110 Å². The van der Waals surface area contributed by atoms with Crippen molar-refractivity contribution in [3.63, 3.8) is 0 Å². The van der Waals surface area contributed by atoms with Crippen LogP contribution in [0.2, 0.25) is 0 Å². The van der Waals surface area contributed by atoms with Crippen molar-refractivity contribution in [1.82, 2.24) is 10.6 Å². The number of carbonyl (C=O) groups is 1. The highest BCUT2D eigenvalue weighted by molar-refractivity contribution is 9.10.